The number of rotatable bonds is 5. The fourth-order valence-corrected chi connectivity index (χ4v) is 3.15. The first-order valence-corrected chi connectivity index (χ1v) is 9.02. The number of amides is 1. The zero-order valence-corrected chi connectivity index (χ0v) is 14.9. The average molecular weight is 363 g/mol. The molecular weight excluding hydrogens is 342 g/mol. The molecule has 27 heavy (non-hydrogen) atoms. The highest BCUT2D eigenvalue weighted by molar-refractivity contribution is 5.99. The van der Waals surface area contributed by atoms with Gasteiger partial charge in [-0.25, -0.2) is 0 Å². The van der Waals surface area contributed by atoms with Crippen molar-refractivity contribution in [1.29, 1.82) is 0 Å². The molecule has 2 aromatic carbocycles. The first-order chi connectivity index (χ1) is 13.3. The Labute approximate surface area is 157 Å². The molecule has 6 heteroatoms. The van der Waals surface area contributed by atoms with Gasteiger partial charge in [0.05, 0.1) is 25.3 Å². The number of carbonyl (C=O) groups is 1. The number of benzene rings is 2. The highest BCUT2D eigenvalue weighted by Gasteiger charge is 2.18. The lowest BCUT2D eigenvalue weighted by molar-refractivity contribution is 0.0945. The number of hydrogen-bond acceptors (Lipinski definition) is 5. The molecule has 2 heterocycles. The van der Waals surface area contributed by atoms with Gasteiger partial charge in [0.1, 0.15) is 5.69 Å². The van der Waals surface area contributed by atoms with Crippen LogP contribution in [0.2, 0.25) is 0 Å². The second-order valence-electron chi connectivity index (χ2n) is 6.34. The number of aromatic nitrogens is 1. The van der Waals surface area contributed by atoms with Gasteiger partial charge in [0.15, 0.2) is 5.76 Å². The Kier molecular flexibility index (Phi) is 5.16. The van der Waals surface area contributed by atoms with Crippen LogP contribution in [0.5, 0.6) is 0 Å². The summed E-state index contributed by atoms with van der Waals surface area (Å²) in [7, 11) is 0. The van der Waals surface area contributed by atoms with Crippen LogP contribution >= 0.6 is 0 Å². The van der Waals surface area contributed by atoms with Crippen LogP contribution in [-0.2, 0) is 11.3 Å². The number of ether oxygens (including phenoxy) is 1. The third-order valence-corrected chi connectivity index (χ3v) is 4.55. The Morgan fingerprint density at radius 3 is 2.59 bits per heavy atom. The molecule has 1 aromatic heterocycles. The quantitative estimate of drug-likeness (QED) is 0.754. The molecule has 1 aliphatic heterocycles. The van der Waals surface area contributed by atoms with Crippen LogP contribution in [0.4, 0.5) is 5.69 Å². The maximum atomic E-state index is 12.7. The normalized spacial score (nSPS) is 14.1. The summed E-state index contributed by atoms with van der Waals surface area (Å²) in [4.78, 5) is 14.9. The van der Waals surface area contributed by atoms with Crippen molar-refractivity contribution < 1.29 is 14.1 Å². The first kappa shape index (κ1) is 17.3. The summed E-state index contributed by atoms with van der Waals surface area (Å²) in [6.07, 6.45) is 0. The molecule has 0 bridgehead atoms. The standard InChI is InChI=1S/C21H21N3O3/c25-21(18-8-4-5-9-20(18)24-10-12-26-13-11-24)22-15-17-14-19(23-27-17)16-6-2-1-3-7-16/h1-9,14H,10-13,15H2,(H,22,25). The van der Waals surface area contributed by atoms with E-state index in [2.05, 4.69) is 15.4 Å². The number of anilines is 1. The Morgan fingerprint density at radius 1 is 1.04 bits per heavy atom. The van der Waals surface area contributed by atoms with Gasteiger partial charge < -0.3 is 19.5 Å². The van der Waals surface area contributed by atoms with Gasteiger partial charge in [-0.15, -0.1) is 0 Å². The van der Waals surface area contributed by atoms with Gasteiger partial charge in [-0.3, -0.25) is 4.79 Å². The van der Waals surface area contributed by atoms with E-state index >= 15 is 0 Å². The van der Waals surface area contributed by atoms with Crippen LogP contribution in [0.3, 0.4) is 0 Å². The van der Waals surface area contributed by atoms with Gasteiger partial charge in [0, 0.05) is 30.4 Å². The van der Waals surface area contributed by atoms with E-state index in [1.54, 1.807) is 0 Å². The number of para-hydroxylation sites is 1. The number of nitrogens with one attached hydrogen (secondary N) is 1. The van der Waals surface area contributed by atoms with Gasteiger partial charge in [0.2, 0.25) is 0 Å². The van der Waals surface area contributed by atoms with Gasteiger partial charge in [-0.05, 0) is 12.1 Å². The molecule has 1 aliphatic rings. The Morgan fingerprint density at radius 2 is 1.78 bits per heavy atom. The molecule has 0 radical (unpaired) electrons. The van der Waals surface area contributed by atoms with Gasteiger partial charge in [-0.2, -0.15) is 0 Å². The molecule has 6 nitrogen and oxygen atoms in total. The third-order valence-electron chi connectivity index (χ3n) is 4.55. The first-order valence-electron chi connectivity index (χ1n) is 9.02. The lowest BCUT2D eigenvalue weighted by Crippen LogP contribution is -2.37. The van der Waals surface area contributed by atoms with E-state index in [-0.39, 0.29) is 12.5 Å². The van der Waals surface area contributed by atoms with Crippen LogP contribution in [0.15, 0.2) is 65.2 Å². The van der Waals surface area contributed by atoms with Crippen molar-refractivity contribution in [3.05, 3.63) is 72.0 Å². The number of morpholine rings is 1. The topological polar surface area (TPSA) is 67.6 Å². The van der Waals surface area contributed by atoms with E-state index < -0.39 is 0 Å². The van der Waals surface area contributed by atoms with Crippen molar-refractivity contribution in [3.63, 3.8) is 0 Å². The van der Waals surface area contributed by atoms with Crippen molar-refractivity contribution in [3.8, 4) is 11.3 Å². The van der Waals surface area contributed by atoms with Crippen molar-refractivity contribution in [2.75, 3.05) is 31.2 Å². The summed E-state index contributed by atoms with van der Waals surface area (Å²) < 4.78 is 10.8. The molecule has 138 valence electrons. The fourth-order valence-electron chi connectivity index (χ4n) is 3.15. The molecule has 0 atom stereocenters. The second-order valence-corrected chi connectivity index (χ2v) is 6.34. The van der Waals surface area contributed by atoms with Crippen LogP contribution in [-0.4, -0.2) is 37.4 Å². The van der Waals surface area contributed by atoms with E-state index in [4.69, 9.17) is 9.26 Å². The lowest BCUT2D eigenvalue weighted by Gasteiger charge is -2.30. The smallest absolute Gasteiger partial charge is 0.253 e. The summed E-state index contributed by atoms with van der Waals surface area (Å²) in [5.74, 6) is 0.487. The minimum atomic E-state index is -0.130. The van der Waals surface area contributed by atoms with Crippen molar-refractivity contribution in [1.82, 2.24) is 10.5 Å². The molecule has 4 rings (SSSR count). The molecule has 0 unspecified atom stereocenters. The fraction of sp³-hybridized carbons (Fsp3) is 0.238. The molecule has 1 saturated heterocycles. The van der Waals surface area contributed by atoms with Crippen LogP contribution < -0.4 is 10.2 Å². The summed E-state index contributed by atoms with van der Waals surface area (Å²) >= 11 is 0. The molecule has 1 fully saturated rings. The SMILES string of the molecule is O=C(NCc1cc(-c2ccccc2)no1)c1ccccc1N1CCOCC1. The highest BCUT2D eigenvalue weighted by atomic mass is 16.5. The number of hydrogen-bond donors (Lipinski definition) is 1. The van der Waals surface area contributed by atoms with E-state index in [9.17, 15) is 4.79 Å². The Balaban J connectivity index is 1.44. The Hall–Kier alpha value is -3.12. The minimum absolute atomic E-state index is 0.130. The second kappa shape index (κ2) is 8.05. The summed E-state index contributed by atoms with van der Waals surface area (Å²) in [5.41, 5.74) is 3.33. The molecule has 0 saturated carbocycles. The van der Waals surface area contributed by atoms with Gasteiger partial charge >= 0.3 is 0 Å². The third kappa shape index (κ3) is 4.01. The van der Waals surface area contributed by atoms with Gasteiger partial charge in [0.25, 0.3) is 5.91 Å². The molecule has 3 aromatic rings. The molecule has 1 N–H and O–H groups in total. The summed E-state index contributed by atoms with van der Waals surface area (Å²) in [5, 5.41) is 7.01. The minimum Gasteiger partial charge on any atom is -0.378 e. The van der Waals surface area contributed by atoms with Crippen LogP contribution in [0.25, 0.3) is 11.3 Å². The zero-order valence-electron chi connectivity index (χ0n) is 14.9. The number of carbonyl (C=O) groups excluding carboxylic acids is 1. The predicted octanol–water partition coefficient (Wildman–Crippen LogP) is 3.11. The molecule has 0 spiro atoms. The largest absolute Gasteiger partial charge is 0.378 e. The van der Waals surface area contributed by atoms with Gasteiger partial charge in [-0.1, -0.05) is 47.6 Å². The van der Waals surface area contributed by atoms with Crippen LogP contribution in [0, 0.1) is 0 Å². The molecule has 1 amide bonds. The van der Waals surface area contributed by atoms with E-state index in [1.807, 2.05) is 60.7 Å². The van der Waals surface area contributed by atoms with Crippen molar-refractivity contribution >= 4 is 11.6 Å². The van der Waals surface area contributed by atoms with Crippen molar-refractivity contribution in [2.45, 2.75) is 6.54 Å². The molecule has 0 aliphatic carbocycles. The lowest BCUT2D eigenvalue weighted by atomic mass is 10.1. The monoisotopic (exact) mass is 363 g/mol. The average Bonchev–Trinajstić information content (AvgIpc) is 3.22. The van der Waals surface area contributed by atoms with E-state index in [0.29, 0.717) is 24.5 Å². The Bertz CT molecular complexity index is 902. The summed E-state index contributed by atoms with van der Waals surface area (Å²) in [6.45, 7) is 3.21. The summed E-state index contributed by atoms with van der Waals surface area (Å²) in [6, 6.07) is 19.3. The number of nitrogens with zero attached hydrogens (tertiary/aromatic N) is 2. The van der Waals surface area contributed by atoms with Crippen LogP contribution in [0.1, 0.15) is 16.1 Å². The highest BCUT2D eigenvalue weighted by Crippen LogP contribution is 2.22. The maximum Gasteiger partial charge on any atom is 0.253 e. The van der Waals surface area contributed by atoms with E-state index in [0.717, 1.165) is 30.0 Å². The molecular formula is C21H21N3O3. The van der Waals surface area contributed by atoms with E-state index in [1.165, 1.54) is 0 Å². The maximum absolute atomic E-state index is 12.7. The van der Waals surface area contributed by atoms with Crippen molar-refractivity contribution in [2.24, 2.45) is 0 Å². The predicted molar refractivity (Wildman–Crippen MR) is 103 cm³/mol. The zero-order chi connectivity index (χ0) is 18.5.